The Morgan fingerprint density at radius 2 is 2.11 bits per heavy atom. The van der Waals surface area contributed by atoms with Crippen LogP contribution >= 0.6 is 12.2 Å². The van der Waals surface area contributed by atoms with Crippen molar-refractivity contribution in [3.8, 4) is 5.75 Å². The number of methoxy groups -OCH3 is 1. The van der Waals surface area contributed by atoms with Crippen LogP contribution in [0.2, 0.25) is 0 Å². The van der Waals surface area contributed by atoms with Gasteiger partial charge in [-0.1, -0.05) is 6.07 Å². The minimum Gasteiger partial charge on any atom is -0.495 e. The number of carbonyl (C=O) groups is 1. The molecule has 1 aliphatic carbocycles. The fourth-order valence-electron chi connectivity index (χ4n) is 3.22. The topological polar surface area (TPSA) is 102 Å². The molecule has 8 heteroatoms. The van der Waals surface area contributed by atoms with Gasteiger partial charge in [-0.2, -0.15) is 5.10 Å². The number of aryl methyl sites for hydroxylation is 2. The van der Waals surface area contributed by atoms with Gasteiger partial charge in [0.05, 0.1) is 18.5 Å². The van der Waals surface area contributed by atoms with Gasteiger partial charge in [0.1, 0.15) is 11.5 Å². The number of furan rings is 1. The summed E-state index contributed by atoms with van der Waals surface area (Å²) in [5.74, 6) is 1.29. The van der Waals surface area contributed by atoms with Crippen molar-refractivity contribution in [3.05, 3.63) is 46.4 Å². The molecule has 0 aliphatic heterocycles. The van der Waals surface area contributed by atoms with E-state index in [2.05, 4.69) is 15.8 Å². The second-order valence-corrected chi connectivity index (χ2v) is 6.84. The van der Waals surface area contributed by atoms with Crippen LogP contribution in [0.1, 0.15) is 45.8 Å². The average Bonchev–Trinajstić information content (AvgIpc) is 2.98. The highest BCUT2D eigenvalue weighted by molar-refractivity contribution is 7.80. The van der Waals surface area contributed by atoms with E-state index in [4.69, 9.17) is 27.1 Å². The van der Waals surface area contributed by atoms with Crippen LogP contribution in [-0.4, -0.2) is 23.8 Å². The standard InChI is InChI=1S/C19H22N4O3S/c1-10-7-8-14(25-3)13(9-10)21-18(24)17-11(2)16-12(22-23-19(20)27)5-4-6-15(16)26-17/h7-9H,4-6H2,1-3H3,(H,21,24)(H3,20,23,27)/b22-12+. The number of fused-ring (bicyclic) bond motifs is 1. The number of rotatable bonds is 4. The summed E-state index contributed by atoms with van der Waals surface area (Å²) < 4.78 is 11.2. The lowest BCUT2D eigenvalue weighted by Gasteiger charge is -2.13. The molecule has 142 valence electrons. The lowest BCUT2D eigenvalue weighted by atomic mass is 9.93. The van der Waals surface area contributed by atoms with Crippen LogP contribution in [0.5, 0.6) is 5.75 Å². The van der Waals surface area contributed by atoms with E-state index in [1.165, 1.54) is 0 Å². The molecule has 0 fully saturated rings. The monoisotopic (exact) mass is 386 g/mol. The van der Waals surface area contributed by atoms with Crippen LogP contribution in [0, 0.1) is 13.8 Å². The number of thiocarbonyl (C=S) groups is 1. The number of hydrogen-bond acceptors (Lipinski definition) is 5. The van der Waals surface area contributed by atoms with Crippen LogP contribution in [0.3, 0.4) is 0 Å². The van der Waals surface area contributed by atoms with Crippen LogP contribution in [0.4, 0.5) is 5.69 Å². The van der Waals surface area contributed by atoms with E-state index >= 15 is 0 Å². The summed E-state index contributed by atoms with van der Waals surface area (Å²) in [6, 6.07) is 5.59. The number of nitrogens with two attached hydrogens (primary N) is 1. The van der Waals surface area contributed by atoms with Crippen LogP contribution in [-0.2, 0) is 6.42 Å². The summed E-state index contributed by atoms with van der Waals surface area (Å²) >= 11 is 4.81. The molecule has 1 aliphatic rings. The zero-order chi connectivity index (χ0) is 19.6. The fourth-order valence-corrected chi connectivity index (χ4v) is 3.26. The molecule has 0 spiro atoms. The van der Waals surface area contributed by atoms with Crippen molar-refractivity contribution >= 4 is 34.6 Å². The Morgan fingerprint density at radius 1 is 1.33 bits per heavy atom. The van der Waals surface area contributed by atoms with Gasteiger partial charge in [-0.3, -0.25) is 10.2 Å². The Balaban J connectivity index is 1.93. The Kier molecular flexibility index (Phi) is 5.46. The maximum atomic E-state index is 12.8. The number of ether oxygens (including phenoxy) is 1. The molecular weight excluding hydrogens is 364 g/mol. The van der Waals surface area contributed by atoms with Crippen LogP contribution in [0.15, 0.2) is 27.7 Å². The van der Waals surface area contributed by atoms with Crippen LogP contribution in [0.25, 0.3) is 0 Å². The predicted octanol–water partition coefficient (Wildman–Crippen LogP) is 3.03. The van der Waals surface area contributed by atoms with Gasteiger partial charge in [-0.25, -0.2) is 0 Å². The molecule has 0 unspecified atom stereocenters. The number of hydrogen-bond donors (Lipinski definition) is 3. The number of hydrazone groups is 1. The first-order valence-electron chi connectivity index (χ1n) is 8.61. The highest BCUT2D eigenvalue weighted by atomic mass is 32.1. The van der Waals surface area contributed by atoms with Gasteiger partial charge in [0, 0.05) is 17.5 Å². The normalized spacial score (nSPS) is 14.6. The molecule has 3 rings (SSSR count). The van der Waals surface area contributed by atoms with E-state index in [0.29, 0.717) is 11.4 Å². The van der Waals surface area contributed by atoms with Gasteiger partial charge >= 0.3 is 0 Å². The third-order valence-electron chi connectivity index (χ3n) is 4.44. The summed E-state index contributed by atoms with van der Waals surface area (Å²) in [4.78, 5) is 12.8. The van der Waals surface area contributed by atoms with Crippen molar-refractivity contribution in [1.82, 2.24) is 5.43 Å². The highest BCUT2D eigenvalue weighted by Gasteiger charge is 2.28. The maximum Gasteiger partial charge on any atom is 0.291 e. The van der Waals surface area contributed by atoms with Gasteiger partial charge in [0.2, 0.25) is 0 Å². The summed E-state index contributed by atoms with van der Waals surface area (Å²) in [6.07, 6.45) is 2.39. The second kappa shape index (κ2) is 7.79. The van der Waals surface area contributed by atoms with E-state index < -0.39 is 0 Å². The smallest absolute Gasteiger partial charge is 0.291 e. The third kappa shape index (κ3) is 3.95. The van der Waals surface area contributed by atoms with Crippen LogP contribution < -0.4 is 21.2 Å². The van der Waals surface area contributed by atoms with Crippen molar-refractivity contribution in [2.24, 2.45) is 10.8 Å². The molecule has 7 nitrogen and oxygen atoms in total. The van der Waals surface area contributed by atoms with E-state index in [1.54, 1.807) is 7.11 Å². The SMILES string of the molecule is COc1ccc(C)cc1NC(=O)c1oc2c(c1C)/C(=N/NC(N)=S)CCC2. The number of nitrogens with zero attached hydrogens (tertiary/aromatic N) is 1. The molecule has 2 aromatic rings. The van der Waals surface area contributed by atoms with E-state index in [9.17, 15) is 4.79 Å². The Bertz CT molecular complexity index is 933. The van der Waals surface area contributed by atoms with Gasteiger partial charge in [0.25, 0.3) is 5.91 Å². The molecule has 1 heterocycles. The lowest BCUT2D eigenvalue weighted by Crippen LogP contribution is -2.26. The largest absolute Gasteiger partial charge is 0.495 e. The van der Waals surface area contributed by atoms with Crippen molar-refractivity contribution < 1.29 is 13.9 Å². The van der Waals surface area contributed by atoms with Gasteiger partial charge in [0.15, 0.2) is 10.9 Å². The number of benzene rings is 1. The first-order chi connectivity index (χ1) is 12.9. The Labute approximate surface area is 163 Å². The fraction of sp³-hybridized carbons (Fsp3) is 0.316. The molecule has 27 heavy (non-hydrogen) atoms. The summed E-state index contributed by atoms with van der Waals surface area (Å²) in [7, 11) is 1.56. The molecule has 0 radical (unpaired) electrons. The van der Waals surface area contributed by atoms with Crippen molar-refractivity contribution in [2.45, 2.75) is 33.1 Å². The number of amides is 1. The van der Waals surface area contributed by atoms with Gasteiger partial charge in [-0.05, 0) is 56.6 Å². The molecule has 1 aromatic heterocycles. The number of nitrogens with one attached hydrogen (secondary N) is 2. The molecule has 4 N–H and O–H groups in total. The Hall–Kier alpha value is -2.87. The van der Waals surface area contributed by atoms with E-state index in [0.717, 1.165) is 47.4 Å². The zero-order valence-electron chi connectivity index (χ0n) is 15.5. The molecule has 0 saturated heterocycles. The first kappa shape index (κ1) is 18.9. The van der Waals surface area contributed by atoms with Crippen molar-refractivity contribution in [3.63, 3.8) is 0 Å². The second-order valence-electron chi connectivity index (χ2n) is 6.40. The zero-order valence-corrected chi connectivity index (χ0v) is 16.3. The molecule has 1 aromatic carbocycles. The quantitative estimate of drug-likeness (QED) is 0.551. The number of anilines is 1. The summed E-state index contributed by atoms with van der Waals surface area (Å²) in [6.45, 7) is 3.80. The number of carbonyl (C=O) groups excluding carboxylic acids is 1. The van der Waals surface area contributed by atoms with Crippen molar-refractivity contribution in [2.75, 3.05) is 12.4 Å². The summed E-state index contributed by atoms with van der Waals surface area (Å²) in [5, 5.41) is 7.25. The minimum absolute atomic E-state index is 0.0975. The van der Waals surface area contributed by atoms with Gasteiger partial charge < -0.3 is 20.2 Å². The Morgan fingerprint density at radius 3 is 2.81 bits per heavy atom. The highest BCUT2D eigenvalue weighted by Crippen LogP contribution is 2.31. The van der Waals surface area contributed by atoms with E-state index in [1.807, 2.05) is 32.0 Å². The van der Waals surface area contributed by atoms with Gasteiger partial charge in [-0.15, -0.1) is 0 Å². The molecule has 0 saturated carbocycles. The maximum absolute atomic E-state index is 12.8. The minimum atomic E-state index is -0.326. The molecule has 0 atom stereocenters. The third-order valence-corrected chi connectivity index (χ3v) is 4.53. The molecular formula is C19H22N4O3S. The molecule has 1 amide bonds. The summed E-state index contributed by atoms with van der Waals surface area (Å²) in [5.41, 5.74) is 12.1. The predicted molar refractivity (Wildman–Crippen MR) is 109 cm³/mol. The van der Waals surface area contributed by atoms with E-state index in [-0.39, 0.29) is 16.8 Å². The van der Waals surface area contributed by atoms with Crippen molar-refractivity contribution in [1.29, 1.82) is 0 Å². The average molecular weight is 386 g/mol. The first-order valence-corrected chi connectivity index (χ1v) is 9.02. The lowest BCUT2D eigenvalue weighted by molar-refractivity contribution is 0.0993. The molecule has 0 bridgehead atoms.